The lowest BCUT2D eigenvalue weighted by atomic mass is 9.98. The fourth-order valence-electron chi connectivity index (χ4n) is 1.59. The largest absolute Gasteiger partial charge is 0.394 e. The van der Waals surface area contributed by atoms with Crippen molar-refractivity contribution in [3.05, 3.63) is 22.9 Å². The van der Waals surface area contributed by atoms with E-state index in [4.69, 9.17) is 0 Å². The molecule has 98 valence electrons. The Bertz CT molecular complexity index is 578. The highest BCUT2D eigenvalue weighted by Gasteiger charge is 2.26. The molecule has 4 N–H and O–H groups in total. The Morgan fingerprint density at radius 3 is 2.83 bits per heavy atom. The Morgan fingerprint density at radius 2 is 2.22 bits per heavy atom. The number of aromatic amines is 1. The van der Waals surface area contributed by atoms with Crippen LogP contribution in [0, 0.1) is 0 Å². The van der Waals surface area contributed by atoms with Gasteiger partial charge in [0.25, 0.3) is 0 Å². The SMILES string of the molecule is CCC(CO)(CO)Nc1cc2n[nH]c(=O)n2cn1. The Kier molecular flexibility index (Phi) is 3.30. The van der Waals surface area contributed by atoms with Crippen LogP contribution in [-0.4, -0.2) is 48.5 Å². The molecule has 0 saturated heterocycles. The molecule has 8 heteroatoms. The fraction of sp³-hybridized carbons (Fsp3) is 0.500. The summed E-state index contributed by atoms with van der Waals surface area (Å²) >= 11 is 0. The van der Waals surface area contributed by atoms with Crippen molar-refractivity contribution in [3.63, 3.8) is 0 Å². The number of hydrogen-bond acceptors (Lipinski definition) is 6. The average molecular weight is 253 g/mol. The molecule has 0 atom stereocenters. The lowest BCUT2D eigenvalue weighted by Gasteiger charge is -2.30. The molecule has 0 unspecified atom stereocenters. The number of anilines is 1. The highest BCUT2D eigenvalue weighted by atomic mass is 16.3. The maximum atomic E-state index is 11.2. The Labute approximate surface area is 102 Å². The van der Waals surface area contributed by atoms with Crippen LogP contribution >= 0.6 is 0 Å². The summed E-state index contributed by atoms with van der Waals surface area (Å²) in [6.45, 7) is 1.40. The molecule has 0 aromatic carbocycles. The van der Waals surface area contributed by atoms with Crippen LogP contribution in [0.4, 0.5) is 5.82 Å². The molecule has 0 bridgehead atoms. The molecule has 0 amide bonds. The van der Waals surface area contributed by atoms with Gasteiger partial charge in [-0.2, -0.15) is 5.10 Å². The van der Waals surface area contributed by atoms with Crippen LogP contribution < -0.4 is 11.0 Å². The van der Waals surface area contributed by atoms with Crippen molar-refractivity contribution in [2.45, 2.75) is 18.9 Å². The van der Waals surface area contributed by atoms with Crippen LogP contribution in [0.15, 0.2) is 17.2 Å². The van der Waals surface area contributed by atoms with Gasteiger partial charge in [-0.25, -0.2) is 19.3 Å². The van der Waals surface area contributed by atoms with Crippen molar-refractivity contribution in [2.24, 2.45) is 0 Å². The van der Waals surface area contributed by atoms with E-state index in [0.29, 0.717) is 17.9 Å². The summed E-state index contributed by atoms with van der Waals surface area (Å²) in [5.41, 5.74) is -0.782. The van der Waals surface area contributed by atoms with E-state index in [0.717, 1.165) is 0 Å². The first-order chi connectivity index (χ1) is 8.64. The van der Waals surface area contributed by atoms with E-state index in [1.807, 2.05) is 6.92 Å². The van der Waals surface area contributed by atoms with E-state index in [1.54, 1.807) is 6.07 Å². The van der Waals surface area contributed by atoms with Gasteiger partial charge < -0.3 is 15.5 Å². The standard InChI is InChI=1S/C10H15N5O3/c1-2-10(4-16,5-17)12-7-3-8-13-14-9(18)15(8)6-11-7/h3,6,12,16-17H,2,4-5H2,1H3,(H,14,18). The summed E-state index contributed by atoms with van der Waals surface area (Å²) in [4.78, 5) is 15.3. The highest BCUT2D eigenvalue weighted by molar-refractivity contribution is 5.49. The second-order valence-corrected chi connectivity index (χ2v) is 4.11. The molecule has 18 heavy (non-hydrogen) atoms. The molecule has 0 saturated carbocycles. The molecule has 0 aliphatic heterocycles. The molecule has 0 aliphatic rings. The maximum Gasteiger partial charge on any atom is 0.348 e. The van der Waals surface area contributed by atoms with Gasteiger partial charge in [0, 0.05) is 6.07 Å². The minimum atomic E-state index is -0.831. The van der Waals surface area contributed by atoms with Crippen LogP contribution in [0.3, 0.4) is 0 Å². The van der Waals surface area contributed by atoms with Gasteiger partial charge in [0.15, 0.2) is 5.65 Å². The topological polar surface area (TPSA) is 116 Å². The third-order valence-electron chi connectivity index (χ3n) is 2.99. The number of aromatic nitrogens is 4. The summed E-state index contributed by atoms with van der Waals surface area (Å²) in [6.07, 6.45) is 1.86. The number of fused-ring (bicyclic) bond motifs is 1. The number of nitrogens with one attached hydrogen (secondary N) is 2. The molecule has 2 heterocycles. The van der Waals surface area contributed by atoms with Crippen molar-refractivity contribution in [3.8, 4) is 0 Å². The highest BCUT2D eigenvalue weighted by Crippen LogP contribution is 2.16. The van der Waals surface area contributed by atoms with Crippen LogP contribution in [-0.2, 0) is 0 Å². The van der Waals surface area contributed by atoms with Gasteiger partial charge in [-0.05, 0) is 6.42 Å². The number of aliphatic hydroxyl groups is 2. The van der Waals surface area contributed by atoms with Crippen molar-refractivity contribution < 1.29 is 10.2 Å². The quantitative estimate of drug-likeness (QED) is 0.541. The zero-order chi connectivity index (χ0) is 13.2. The number of nitrogens with zero attached hydrogens (tertiary/aromatic N) is 3. The molecule has 2 rings (SSSR count). The number of rotatable bonds is 5. The van der Waals surface area contributed by atoms with Gasteiger partial charge in [-0.1, -0.05) is 6.92 Å². The predicted molar refractivity (Wildman–Crippen MR) is 64.4 cm³/mol. The molecule has 0 fully saturated rings. The van der Waals surface area contributed by atoms with Crippen molar-refractivity contribution in [1.82, 2.24) is 19.6 Å². The molecule has 0 radical (unpaired) electrons. The van der Waals surface area contributed by atoms with Gasteiger partial charge >= 0.3 is 5.69 Å². The summed E-state index contributed by atoms with van der Waals surface area (Å²) < 4.78 is 1.26. The third kappa shape index (κ3) is 2.07. The lowest BCUT2D eigenvalue weighted by Crippen LogP contribution is -2.45. The van der Waals surface area contributed by atoms with Crippen molar-refractivity contribution >= 4 is 11.5 Å². The van der Waals surface area contributed by atoms with E-state index in [1.165, 1.54) is 10.7 Å². The van der Waals surface area contributed by atoms with Crippen LogP contribution in [0.25, 0.3) is 5.65 Å². The summed E-state index contributed by atoms with van der Waals surface area (Å²) in [5.74, 6) is 0.437. The van der Waals surface area contributed by atoms with Crippen molar-refractivity contribution in [2.75, 3.05) is 18.5 Å². The summed E-state index contributed by atoms with van der Waals surface area (Å²) in [5, 5.41) is 27.7. The monoisotopic (exact) mass is 253 g/mol. The van der Waals surface area contributed by atoms with Crippen LogP contribution in [0.2, 0.25) is 0 Å². The van der Waals surface area contributed by atoms with E-state index in [2.05, 4.69) is 20.5 Å². The van der Waals surface area contributed by atoms with Crippen molar-refractivity contribution in [1.29, 1.82) is 0 Å². The molecule has 8 nitrogen and oxygen atoms in total. The number of H-pyrrole nitrogens is 1. The minimum Gasteiger partial charge on any atom is -0.394 e. The van der Waals surface area contributed by atoms with Crippen LogP contribution in [0.1, 0.15) is 13.3 Å². The first-order valence-electron chi connectivity index (χ1n) is 5.57. The maximum absolute atomic E-state index is 11.2. The summed E-state index contributed by atoms with van der Waals surface area (Å²) in [6, 6.07) is 1.56. The van der Waals surface area contributed by atoms with Gasteiger partial charge in [0.1, 0.15) is 12.1 Å². The first kappa shape index (κ1) is 12.5. The van der Waals surface area contributed by atoms with Gasteiger partial charge in [0.2, 0.25) is 0 Å². The second kappa shape index (κ2) is 4.75. The number of aliphatic hydroxyl groups excluding tert-OH is 2. The zero-order valence-corrected chi connectivity index (χ0v) is 9.92. The van der Waals surface area contributed by atoms with E-state index < -0.39 is 5.54 Å². The van der Waals surface area contributed by atoms with Gasteiger partial charge in [-0.15, -0.1) is 0 Å². The smallest absolute Gasteiger partial charge is 0.348 e. The lowest BCUT2D eigenvalue weighted by molar-refractivity contribution is 0.132. The van der Waals surface area contributed by atoms with Gasteiger partial charge in [0.05, 0.1) is 18.8 Å². The molecule has 2 aromatic heterocycles. The zero-order valence-electron chi connectivity index (χ0n) is 9.92. The van der Waals surface area contributed by atoms with Gasteiger partial charge in [-0.3, -0.25) is 0 Å². The van der Waals surface area contributed by atoms with E-state index in [9.17, 15) is 15.0 Å². The molecular weight excluding hydrogens is 238 g/mol. The Morgan fingerprint density at radius 1 is 1.50 bits per heavy atom. The molecular formula is C10H15N5O3. The first-order valence-corrected chi connectivity index (χ1v) is 5.57. The summed E-state index contributed by atoms with van der Waals surface area (Å²) in [7, 11) is 0. The average Bonchev–Trinajstić information content (AvgIpc) is 2.77. The molecule has 0 spiro atoms. The minimum absolute atomic E-state index is 0.222. The Balaban J connectivity index is 2.34. The molecule has 2 aromatic rings. The molecule has 0 aliphatic carbocycles. The normalized spacial score (nSPS) is 11.9. The van der Waals surface area contributed by atoms with Crippen LogP contribution in [0.5, 0.6) is 0 Å². The fourth-order valence-corrected chi connectivity index (χ4v) is 1.59. The number of hydrogen-bond donors (Lipinski definition) is 4. The van der Waals surface area contributed by atoms with E-state index in [-0.39, 0.29) is 18.9 Å². The predicted octanol–water partition coefficient (Wildman–Crippen LogP) is -1.04. The Hall–Kier alpha value is -1.93. The third-order valence-corrected chi connectivity index (χ3v) is 2.99. The van der Waals surface area contributed by atoms with E-state index >= 15 is 0 Å². The second-order valence-electron chi connectivity index (χ2n) is 4.11.